The summed E-state index contributed by atoms with van der Waals surface area (Å²) in [4.78, 5) is 12.1. The molecule has 2 aromatic rings. The van der Waals surface area contributed by atoms with E-state index in [4.69, 9.17) is 0 Å². The second-order valence-electron chi connectivity index (χ2n) is 5.09. The molecule has 3 rings (SSSR count). The van der Waals surface area contributed by atoms with Crippen molar-refractivity contribution in [3.05, 3.63) is 53.3 Å². The minimum Gasteiger partial charge on any atom is -0.344 e. The SMILES string of the molecule is CC(NC(=O)c1cc(C2CC2)[nH]n1)c1ccccc1. The number of hydrogen-bond donors (Lipinski definition) is 2. The van der Waals surface area contributed by atoms with Crippen molar-refractivity contribution in [2.24, 2.45) is 0 Å². The Morgan fingerprint density at radius 1 is 1.37 bits per heavy atom. The summed E-state index contributed by atoms with van der Waals surface area (Å²) >= 11 is 0. The van der Waals surface area contributed by atoms with Crippen molar-refractivity contribution in [3.63, 3.8) is 0 Å². The maximum Gasteiger partial charge on any atom is 0.272 e. The lowest BCUT2D eigenvalue weighted by Gasteiger charge is -2.12. The van der Waals surface area contributed by atoms with Gasteiger partial charge in [-0.2, -0.15) is 5.10 Å². The molecule has 1 heterocycles. The van der Waals surface area contributed by atoms with E-state index in [-0.39, 0.29) is 11.9 Å². The molecule has 4 nitrogen and oxygen atoms in total. The molecule has 0 saturated heterocycles. The minimum absolute atomic E-state index is 0.0187. The van der Waals surface area contributed by atoms with E-state index in [1.54, 1.807) is 0 Å². The van der Waals surface area contributed by atoms with Crippen LogP contribution in [0, 0.1) is 0 Å². The molecule has 0 spiro atoms. The van der Waals surface area contributed by atoms with Gasteiger partial charge < -0.3 is 5.32 Å². The predicted octanol–water partition coefficient (Wildman–Crippen LogP) is 2.78. The number of benzene rings is 1. The Morgan fingerprint density at radius 3 is 2.79 bits per heavy atom. The molecular weight excluding hydrogens is 238 g/mol. The fraction of sp³-hybridized carbons (Fsp3) is 0.333. The molecule has 1 aromatic heterocycles. The van der Waals surface area contributed by atoms with Gasteiger partial charge in [0.25, 0.3) is 5.91 Å². The number of amides is 1. The van der Waals surface area contributed by atoms with Crippen LogP contribution in [0.1, 0.15) is 53.5 Å². The minimum atomic E-state index is -0.125. The highest BCUT2D eigenvalue weighted by atomic mass is 16.2. The summed E-state index contributed by atoms with van der Waals surface area (Å²) in [5.41, 5.74) is 2.65. The van der Waals surface area contributed by atoms with E-state index in [0.29, 0.717) is 11.6 Å². The van der Waals surface area contributed by atoms with Crippen LogP contribution in [-0.4, -0.2) is 16.1 Å². The lowest BCUT2D eigenvalue weighted by molar-refractivity contribution is 0.0935. The van der Waals surface area contributed by atoms with Crippen LogP contribution in [0.5, 0.6) is 0 Å². The van der Waals surface area contributed by atoms with Crippen molar-refractivity contribution in [2.75, 3.05) is 0 Å². The van der Waals surface area contributed by atoms with E-state index in [2.05, 4.69) is 15.5 Å². The largest absolute Gasteiger partial charge is 0.344 e. The van der Waals surface area contributed by atoms with Crippen LogP contribution < -0.4 is 5.32 Å². The molecule has 1 atom stereocenters. The highest BCUT2D eigenvalue weighted by molar-refractivity contribution is 5.92. The third-order valence-electron chi connectivity index (χ3n) is 3.49. The van der Waals surface area contributed by atoms with Gasteiger partial charge in [0.2, 0.25) is 0 Å². The van der Waals surface area contributed by atoms with E-state index >= 15 is 0 Å². The lowest BCUT2D eigenvalue weighted by Crippen LogP contribution is -2.26. The molecule has 1 unspecified atom stereocenters. The van der Waals surface area contributed by atoms with Crippen LogP contribution in [0.15, 0.2) is 36.4 Å². The Kier molecular flexibility index (Phi) is 3.07. The number of carbonyl (C=O) groups is 1. The first-order valence-electron chi connectivity index (χ1n) is 6.65. The molecule has 0 bridgehead atoms. The zero-order valence-electron chi connectivity index (χ0n) is 10.9. The van der Waals surface area contributed by atoms with Crippen LogP contribution in [0.4, 0.5) is 0 Å². The third-order valence-corrected chi connectivity index (χ3v) is 3.49. The van der Waals surface area contributed by atoms with Crippen molar-refractivity contribution in [3.8, 4) is 0 Å². The molecule has 98 valence electrons. The Morgan fingerprint density at radius 2 is 2.11 bits per heavy atom. The number of rotatable bonds is 4. The first-order chi connectivity index (χ1) is 9.24. The number of nitrogens with one attached hydrogen (secondary N) is 2. The van der Waals surface area contributed by atoms with Crippen LogP contribution in [-0.2, 0) is 0 Å². The number of aromatic amines is 1. The summed E-state index contributed by atoms with van der Waals surface area (Å²) in [6.07, 6.45) is 2.40. The molecule has 1 aliphatic rings. The summed E-state index contributed by atoms with van der Waals surface area (Å²) in [5.74, 6) is 0.458. The fourth-order valence-corrected chi connectivity index (χ4v) is 2.15. The van der Waals surface area contributed by atoms with Gasteiger partial charge in [-0.25, -0.2) is 0 Å². The van der Waals surface area contributed by atoms with Crippen LogP contribution >= 0.6 is 0 Å². The number of H-pyrrole nitrogens is 1. The molecule has 1 amide bonds. The Balaban J connectivity index is 1.66. The van der Waals surface area contributed by atoms with Gasteiger partial charge in [0, 0.05) is 11.6 Å². The van der Waals surface area contributed by atoms with Crippen molar-refractivity contribution in [1.29, 1.82) is 0 Å². The number of nitrogens with zero attached hydrogens (tertiary/aromatic N) is 1. The average molecular weight is 255 g/mol. The quantitative estimate of drug-likeness (QED) is 0.882. The van der Waals surface area contributed by atoms with E-state index in [9.17, 15) is 4.79 Å². The van der Waals surface area contributed by atoms with Crippen molar-refractivity contribution < 1.29 is 4.79 Å². The van der Waals surface area contributed by atoms with E-state index in [0.717, 1.165) is 11.3 Å². The zero-order valence-corrected chi connectivity index (χ0v) is 10.9. The maximum atomic E-state index is 12.1. The Labute approximate surface area is 112 Å². The van der Waals surface area contributed by atoms with Gasteiger partial charge in [-0.1, -0.05) is 30.3 Å². The standard InChI is InChI=1S/C15H17N3O/c1-10(11-5-3-2-4-6-11)16-15(19)14-9-13(17-18-14)12-7-8-12/h2-6,9-10,12H,7-8H2,1H3,(H,16,19)(H,17,18). The predicted molar refractivity (Wildman–Crippen MR) is 72.9 cm³/mol. The molecule has 1 fully saturated rings. The number of aromatic nitrogens is 2. The van der Waals surface area contributed by atoms with E-state index < -0.39 is 0 Å². The van der Waals surface area contributed by atoms with Gasteiger partial charge in [-0.15, -0.1) is 0 Å². The molecule has 0 aliphatic heterocycles. The fourth-order valence-electron chi connectivity index (χ4n) is 2.15. The molecule has 1 saturated carbocycles. The van der Waals surface area contributed by atoms with Crippen LogP contribution in [0.3, 0.4) is 0 Å². The van der Waals surface area contributed by atoms with Crippen LogP contribution in [0.2, 0.25) is 0 Å². The molecule has 0 radical (unpaired) electrons. The topological polar surface area (TPSA) is 57.8 Å². The molecule has 19 heavy (non-hydrogen) atoms. The lowest BCUT2D eigenvalue weighted by atomic mass is 10.1. The summed E-state index contributed by atoms with van der Waals surface area (Å²) in [5, 5.41) is 10.0. The van der Waals surface area contributed by atoms with Gasteiger partial charge in [-0.05, 0) is 31.4 Å². The molecule has 2 N–H and O–H groups in total. The smallest absolute Gasteiger partial charge is 0.272 e. The van der Waals surface area contributed by atoms with Gasteiger partial charge in [0.1, 0.15) is 5.69 Å². The molecule has 1 aliphatic carbocycles. The second kappa shape index (κ2) is 4.88. The normalized spacial score (nSPS) is 16.1. The molecule has 4 heteroatoms. The highest BCUT2D eigenvalue weighted by Gasteiger charge is 2.26. The van der Waals surface area contributed by atoms with Crippen molar-refractivity contribution in [1.82, 2.24) is 15.5 Å². The summed E-state index contributed by atoms with van der Waals surface area (Å²) < 4.78 is 0. The summed E-state index contributed by atoms with van der Waals surface area (Å²) in [6.45, 7) is 1.97. The van der Waals surface area contributed by atoms with Gasteiger partial charge in [-0.3, -0.25) is 9.89 Å². The van der Waals surface area contributed by atoms with E-state index in [1.165, 1.54) is 12.8 Å². The highest BCUT2D eigenvalue weighted by Crippen LogP contribution is 2.38. The van der Waals surface area contributed by atoms with Gasteiger partial charge in [0.05, 0.1) is 6.04 Å². The first-order valence-corrected chi connectivity index (χ1v) is 6.65. The molecule has 1 aromatic carbocycles. The summed E-state index contributed by atoms with van der Waals surface area (Å²) in [6, 6.07) is 11.8. The Bertz CT molecular complexity index is 572. The first kappa shape index (κ1) is 12.0. The molecular formula is C15H17N3O. The average Bonchev–Trinajstić information content (AvgIpc) is 3.17. The van der Waals surface area contributed by atoms with Crippen LogP contribution in [0.25, 0.3) is 0 Å². The summed E-state index contributed by atoms with van der Waals surface area (Å²) in [7, 11) is 0. The second-order valence-corrected chi connectivity index (χ2v) is 5.09. The van der Waals surface area contributed by atoms with E-state index in [1.807, 2.05) is 43.3 Å². The van der Waals surface area contributed by atoms with Crippen molar-refractivity contribution in [2.45, 2.75) is 31.7 Å². The van der Waals surface area contributed by atoms with Gasteiger partial charge >= 0.3 is 0 Å². The maximum absolute atomic E-state index is 12.1. The number of carbonyl (C=O) groups excluding carboxylic acids is 1. The number of hydrogen-bond acceptors (Lipinski definition) is 2. The van der Waals surface area contributed by atoms with Gasteiger partial charge in [0.15, 0.2) is 0 Å². The third kappa shape index (κ3) is 2.67. The van der Waals surface area contributed by atoms with Crippen molar-refractivity contribution >= 4 is 5.91 Å². The monoisotopic (exact) mass is 255 g/mol. The Hall–Kier alpha value is -2.10. The zero-order chi connectivity index (χ0) is 13.2.